The van der Waals surface area contributed by atoms with Crippen molar-refractivity contribution < 1.29 is 18.3 Å². The van der Waals surface area contributed by atoms with Gasteiger partial charge in [0.1, 0.15) is 5.56 Å². The van der Waals surface area contributed by atoms with E-state index in [9.17, 15) is 13.6 Å². The maximum absolute atomic E-state index is 13.7. The Morgan fingerprint density at radius 2 is 1.70 bits per heavy atom. The standard InChI is InChI=1S/C22H20F2N4O2/c1-13-19(14(2)28(26-13)16-9-5-4-6-10-16)21(29)30-15(3)20-25-17-11-7-8-12-18(17)27(20)22(23)24/h4-12,15,22H,1-3H3. The predicted molar refractivity (Wildman–Crippen MR) is 108 cm³/mol. The third kappa shape index (κ3) is 3.34. The van der Waals surface area contributed by atoms with Crippen LogP contribution < -0.4 is 0 Å². The number of nitrogens with zero attached hydrogens (tertiary/aromatic N) is 4. The Balaban J connectivity index is 1.66. The van der Waals surface area contributed by atoms with Crippen LogP contribution in [0.25, 0.3) is 16.7 Å². The van der Waals surface area contributed by atoms with Gasteiger partial charge in [-0.2, -0.15) is 13.9 Å². The lowest BCUT2D eigenvalue weighted by Crippen LogP contribution is -2.15. The van der Waals surface area contributed by atoms with Crippen LogP contribution in [-0.2, 0) is 4.74 Å². The van der Waals surface area contributed by atoms with Crippen molar-refractivity contribution in [2.45, 2.75) is 33.4 Å². The van der Waals surface area contributed by atoms with Crippen LogP contribution in [0.3, 0.4) is 0 Å². The van der Waals surface area contributed by atoms with Gasteiger partial charge in [0.2, 0.25) is 0 Å². The van der Waals surface area contributed by atoms with Crippen LogP contribution in [0.2, 0.25) is 0 Å². The molecule has 154 valence electrons. The van der Waals surface area contributed by atoms with E-state index in [0.717, 1.165) is 10.3 Å². The smallest absolute Gasteiger partial charge is 0.342 e. The van der Waals surface area contributed by atoms with Gasteiger partial charge in [-0.3, -0.25) is 4.57 Å². The number of imidazole rings is 1. The first-order chi connectivity index (χ1) is 14.4. The molecule has 0 aliphatic rings. The molecule has 2 heterocycles. The molecule has 1 atom stereocenters. The van der Waals surface area contributed by atoms with Crippen LogP contribution in [0.15, 0.2) is 54.6 Å². The first kappa shape index (κ1) is 19.8. The van der Waals surface area contributed by atoms with Gasteiger partial charge in [0.25, 0.3) is 0 Å². The number of hydrogen-bond donors (Lipinski definition) is 0. The molecule has 2 aromatic heterocycles. The fraction of sp³-hybridized carbons (Fsp3) is 0.227. The molecule has 0 fully saturated rings. The predicted octanol–water partition coefficient (Wildman–Crippen LogP) is 5.15. The molecule has 0 aliphatic carbocycles. The third-order valence-electron chi connectivity index (χ3n) is 4.96. The highest BCUT2D eigenvalue weighted by atomic mass is 19.3. The van der Waals surface area contributed by atoms with Crippen molar-refractivity contribution in [3.8, 4) is 5.69 Å². The highest BCUT2D eigenvalue weighted by molar-refractivity contribution is 5.92. The normalized spacial score (nSPS) is 12.5. The van der Waals surface area contributed by atoms with Crippen LogP contribution in [0.5, 0.6) is 0 Å². The van der Waals surface area contributed by atoms with Gasteiger partial charge in [0.05, 0.1) is 28.1 Å². The number of hydrogen-bond acceptors (Lipinski definition) is 4. The summed E-state index contributed by atoms with van der Waals surface area (Å²) in [4.78, 5) is 17.2. The Bertz CT molecular complexity index is 1210. The maximum atomic E-state index is 13.7. The molecule has 8 heteroatoms. The zero-order valence-corrected chi connectivity index (χ0v) is 16.7. The van der Waals surface area contributed by atoms with Crippen molar-refractivity contribution in [2.75, 3.05) is 0 Å². The van der Waals surface area contributed by atoms with Crippen molar-refractivity contribution in [3.05, 3.63) is 77.4 Å². The second-order valence-electron chi connectivity index (χ2n) is 6.95. The highest BCUT2D eigenvalue weighted by Crippen LogP contribution is 2.29. The van der Waals surface area contributed by atoms with Gasteiger partial charge in [0, 0.05) is 0 Å². The molecule has 30 heavy (non-hydrogen) atoms. The zero-order valence-electron chi connectivity index (χ0n) is 16.7. The Hall–Kier alpha value is -3.55. The van der Waals surface area contributed by atoms with Crippen molar-refractivity contribution in [3.63, 3.8) is 0 Å². The first-order valence-corrected chi connectivity index (χ1v) is 9.46. The summed E-state index contributed by atoms with van der Waals surface area (Å²) in [6, 6.07) is 16.0. The van der Waals surface area contributed by atoms with Crippen LogP contribution in [0.1, 0.15) is 47.1 Å². The monoisotopic (exact) mass is 410 g/mol. The number of carbonyl (C=O) groups is 1. The molecule has 4 aromatic rings. The molecule has 0 saturated carbocycles. The number of halogens is 2. The van der Waals surface area contributed by atoms with E-state index in [4.69, 9.17) is 4.74 Å². The molecule has 0 radical (unpaired) electrons. The number of aromatic nitrogens is 4. The third-order valence-corrected chi connectivity index (χ3v) is 4.96. The molecule has 1 unspecified atom stereocenters. The Kier molecular flexibility index (Phi) is 5.07. The van der Waals surface area contributed by atoms with Crippen LogP contribution in [-0.4, -0.2) is 25.3 Å². The number of alkyl halides is 2. The number of ether oxygens (including phenoxy) is 1. The summed E-state index contributed by atoms with van der Waals surface area (Å²) in [7, 11) is 0. The van der Waals surface area contributed by atoms with E-state index in [1.165, 1.54) is 6.92 Å². The minimum Gasteiger partial charge on any atom is -0.451 e. The van der Waals surface area contributed by atoms with Crippen LogP contribution in [0, 0.1) is 13.8 Å². The largest absolute Gasteiger partial charge is 0.451 e. The molecular formula is C22H20F2N4O2. The Labute approximate surface area is 171 Å². The second-order valence-corrected chi connectivity index (χ2v) is 6.95. The van der Waals surface area contributed by atoms with Gasteiger partial charge < -0.3 is 4.74 Å². The van der Waals surface area contributed by atoms with Crippen molar-refractivity contribution in [1.29, 1.82) is 0 Å². The number of benzene rings is 2. The lowest BCUT2D eigenvalue weighted by Gasteiger charge is -2.15. The SMILES string of the molecule is Cc1nn(-c2ccccc2)c(C)c1C(=O)OC(C)c1nc2ccccc2n1C(F)F. The number of esters is 1. The molecule has 0 aliphatic heterocycles. The van der Waals surface area contributed by atoms with Gasteiger partial charge in [-0.25, -0.2) is 14.5 Å². The molecule has 4 rings (SSSR count). The topological polar surface area (TPSA) is 61.9 Å². The van der Waals surface area contributed by atoms with E-state index < -0.39 is 18.6 Å². The molecule has 2 aromatic carbocycles. The minimum absolute atomic E-state index is 0.00897. The van der Waals surface area contributed by atoms with Gasteiger partial charge in [-0.1, -0.05) is 30.3 Å². The second kappa shape index (κ2) is 7.70. The summed E-state index contributed by atoms with van der Waals surface area (Å²) in [5.74, 6) is -0.641. The van der Waals surface area contributed by atoms with E-state index in [2.05, 4.69) is 10.1 Å². The first-order valence-electron chi connectivity index (χ1n) is 9.46. The van der Waals surface area contributed by atoms with E-state index in [1.807, 2.05) is 30.3 Å². The van der Waals surface area contributed by atoms with Gasteiger partial charge in [0.15, 0.2) is 11.9 Å². The maximum Gasteiger partial charge on any atom is 0.342 e. The molecule has 6 nitrogen and oxygen atoms in total. The fourth-order valence-electron chi connectivity index (χ4n) is 3.59. The van der Waals surface area contributed by atoms with Crippen molar-refractivity contribution in [2.24, 2.45) is 0 Å². The lowest BCUT2D eigenvalue weighted by atomic mass is 10.2. The zero-order chi connectivity index (χ0) is 21.4. The Morgan fingerprint density at radius 1 is 1.03 bits per heavy atom. The number of aryl methyl sites for hydroxylation is 1. The lowest BCUT2D eigenvalue weighted by molar-refractivity contribution is 0.0231. The van der Waals surface area contributed by atoms with E-state index in [1.54, 1.807) is 42.8 Å². The summed E-state index contributed by atoms with van der Waals surface area (Å²) in [5, 5.41) is 4.44. The van der Waals surface area contributed by atoms with Gasteiger partial charge in [-0.05, 0) is 45.0 Å². The highest BCUT2D eigenvalue weighted by Gasteiger charge is 2.27. The van der Waals surface area contributed by atoms with Crippen molar-refractivity contribution in [1.82, 2.24) is 19.3 Å². The average Bonchev–Trinajstić information content (AvgIpc) is 3.26. The number of para-hydroxylation sites is 3. The fourth-order valence-corrected chi connectivity index (χ4v) is 3.59. The average molecular weight is 410 g/mol. The number of fused-ring (bicyclic) bond motifs is 1. The summed E-state index contributed by atoms with van der Waals surface area (Å²) >= 11 is 0. The van der Waals surface area contributed by atoms with Crippen LogP contribution in [0.4, 0.5) is 8.78 Å². The van der Waals surface area contributed by atoms with E-state index in [0.29, 0.717) is 22.5 Å². The molecule has 0 saturated heterocycles. The molecule has 0 bridgehead atoms. The molecular weight excluding hydrogens is 390 g/mol. The molecule has 0 spiro atoms. The Morgan fingerprint density at radius 3 is 2.40 bits per heavy atom. The summed E-state index contributed by atoms with van der Waals surface area (Å²) in [6.45, 7) is 2.20. The van der Waals surface area contributed by atoms with E-state index in [-0.39, 0.29) is 11.3 Å². The molecule has 0 amide bonds. The number of rotatable bonds is 5. The van der Waals surface area contributed by atoms with Crippen molar-refractivity contribution >= 4 is 17.0 Å². The van der Waals surface area contributed by atoms with Crippen LogP contribution >= 0.6 is 0 Å². The van der Waals surface area contributed by atoms with E-state index >= 15 is 0 Å². The van der Waals surface area contributed by atoms with Gasteiger partial charge >= 0.3 is 12.5 Å². The van der Waals surface area contributed by atoms with Gasteiger partial charge in [-0.15, -0.1) is 0 Å². The summed E-state index contributed by atoms with van der Waals surface area (Å²) < 4.78 is 35.4. The summed E-state index contributed by atoms with van der Waals surface area (Å²) in [5.41, 5.74) is 2.93. The minimum atomic E-state index is -2.81. The number of carbonyl (C=O) groups excluding carboxylic acids is 1. The quantitative estimate of drug-likeness (QED) is 0.427. The summed E-state index contributed by atoms with van der Waals surface area (Å²) in [6.07, 6.45) is -0.974. The molecule has 0 N–H and O–H groups in total.